The van der Waals surface area contributed by atoms with Crippen molar-refractivity contribution in [3.63, 3.8) is 0 Å². The van der Waals surface area contributed by atoms with Gasteiger partial charge < -0.3 is 20.1 Å². The Morgan fingerprint density at radius 1 is 1.44 bits per heavy atom. The average Bonchev–Trinajstić information content (AvgIpc) is 2.37. The molecular formula is C13H20N2O2S. The lowest BCUT2D eigenvalue weighted by molar-refractivity contribution is 0.183. The molecule has 1 aromatic carbocycles. The van der Waals surface area contributed by atoms with Gasteiger partial charge in [0.25, 0.3) is 0 Å². The van der Waals surface area contributed by atoms with Crippen LogP contribution in [0, 0.1) is 0 Å². The van der Waals surface area contributed by atoms with Gasteiger partial charge in [-0.25, -0.2) is 0 Å². The van der Waals surface area contributed by atoms with E-state index in [4.69, 9.17) is 27.4 Å². The van der Waals surface area contributed by atoms with Crippen molar-refractivity contribution in [1.29, 1.82) is 0 Å². The molecule has 0 radical (unpaired) electrons. The highest BCUT2D eigenvalue weighted by Gasteiger charge is 2.15. The van der Waals surface area contributed by atoms with Gasteiger partial charge in [0.1, 0.15) is 10.7 Å². The van der Waals surface area contributed by atoms with E-state index < -0.39 is 0 Å². The van der Waals surface area contributed by atoms with E-state index >= 15 is 0 Å². The van der Waals surface area contributed by atoms with E-state index in [1.807, 2.05) is 25.2 Å². The van der Waals surface area contributed by atoms with Crippen LogP contribution in [0.3, 0.4) is 0 Å². The SMILES string of the molecule is COCC(C)N(C)c1cc(OC)ccc1C(N)=S. The molecular weight excluding hydrogens is 248 g/mol. The van der Waals surface area contributed by atoms with E-state index in [9.17, 15) is 0 Å². The zero-order valence-electron chi connectivity index (χ0n) is 11.3. The van der Waals surface area contributed by atoms with Crippen molar-refractivity contribution in [3.05, 3.63) is 23.8 Å². The third-order valence-corrected chi connectivity index (χ3v) is 3.14. The summed E-state index contributed by atoms with van der Waals surface area (Å²) in [5, 5.41) is 0. The third kappa shape index (κ3) is 3.34. The minimum atomic E-state index is 0.218. The van der Waals surface area contributed by atoms with Crippen molar-refractivity contribution in [2.45, 2.75) is 13.0 Å². The summed E-state index contributed by atoms with van der Waals surface area (Å²) < 4.78 is 10.4. The molecule has 0 aliphatic carbocycles. The van der Waals surface area contributed by atoms with E-state index in [2.05, 4.69) is 11.8 Å². The Bertz CT molecular complexity index is 423. The van der Waals surface area contributed by atoms with E-state index in [0.717, 1.165) is 17.0 Å². The number of anilines is 1. The Hall–Kier alpha value is -1.33. The molecule has 0 aliphatic heterocycles. The third-order valence-electron chi connectivity index (χ3n) is 2.92. The van der Waals surface area contributed by atoms with E-state index in [1.54, 1.807) is 14.2 Å². The second-order valence-electron chi connectivity index (χ2n) is 4.16. The molecule has 0 spiro atoms. The molecule has 5 heteroatoms. The molecule has 0 aliphatic rings. The second kappa shape index (κ2) is 6.56. The number of hydrogen-bond acceptors (Lipinski definition) is 4. The van der Waals surface area contributed by atoms with E-state index in [1.165, 1.54) is 0 Å². The van der Waals surface area contributed by atoms with Crippen LogP contribution < -0.4 is 15.4 Å². The fourth-order valence-corrected chi connectivity index (χ4v) is 1.90. The molecule has 100 valence electrons. The molecule has 2 N–H and O–H groups in total. The predicted molar refractivity (Wildman–Crippen MR) is 78.6 cm³/mol. The number of ether oxygens (including phenoxy) is 2. The molecule has 0 bridgehead atoms. The first kappa shape index (κ1) is 14.7. The summed E-state index contributed by atoms with van der Waals surface area (Å²) in [5.41, 5.74) is 7.54. The van der Waals surface area contributed by atoms with Gasteiger partial charge in [0.05, 0.1) is 19.4 Å². The number of likely N-dealkylation sites (N-methyl/N-ethyl adjacent to an activating group) is 1. The molecule has 0 heterocycles. The first-order chi connectivity index (χ1) is 8.51. The Labute approximate surface area is 114 Å². The van der Waals surface area contributed by atoms with Crippen molar-refractivity contribution in [1.82, 2.24) is 0 Å². The van der Waals surface area contributed by atoms with Gasteiger partial charge in [-0.05, 0) is 19.1 Å². The maximum atomic E-state index is 5.75. The van der Waals surface area contributed by atoms with Crippen LogP contribution in [0.5, 0.6) is 5.75 Å². The topological polar surface area (TPSA) is 47.7 Å². The summed E-state index contributed by atoms with van der Waals surface area (Å²) in [6.45, 7) is 2.71. The molecule has 1 aromatic rings. The molecule has 1 unspecified atom stereocenters. The number of benzene rings is 1. The minimum Gasteiger partial charge on any atom is -0.497 e. The molecule has 0 amide bonds. The van der Waals surface area contributed by atoms with Gasteiger partial charge in [0, 0.05) is 31.8 Å². The van der Waals surface area contributed by atoms with Crippen molar-refractivity contribution < 1.29 is 9.47 Å². The smallest absolute Gasteiger partial charge is 0.120 e. The average molecular weight is 268 g/mol. The monoisotopic (exact) mass is 268 g/mol. The zero-order valence-corrected chi connectivity index (χ0v) is 12.1. The van der Waals surface area contributed by atoms with Crippen LogP contribution in [0.4, 0.5) is 5.69 Å². The van der Waals surface area contributed by atoms with Gasteiger partial charge in [-0.2, -0.15) is 0 Å². The molecule has 0 saturated carbocycles. The molecule has 0 saturated heterocycles. The van der Waals surface area contributed by atoms with Gasteiger partial charge in [-0.15, -0.1) is 0 Å². The molecule has 1 atom stereocenters. The summed E-state index contributed by atoms with van der Waals surface area (Å²) in [7, 11) is 5.31. The Kier molecular flexibility index (Phi) is 5.37. The van der Waals surface area contributed by atoms with Gasteiger partial charge >= 0.3 is 0 Å². The Morgan fingerprint density at radius 2 is 2.11 bits per heavy atom. The highest BCUT2D eigenvalue weighted by Crippen LogP contribution is 2.26. The standard InChI is InChI=1S/C13H20N2O2S/c1-9(8-16-3)15(2)12-7-10(17-4)5-6-11(12)13(14)18/h5-7,9H,8H2,1-4H3,(H2,14,18). The van der Waals surface area contributed by atoms with Crippen molar-refractivity contribution >= 4 is 22.9 Å². The van der Waals surface area contributed by atoms with Crippen molar-refractivity contribution in [2.24, 2.45) is 5.73 Å². The van der Waals surface area contributed by atoms with Gasteiger partial charge in [-0.1, -0.05) is 12.2 Å². The summed E-state index contributed by atoms with van der Waals surface area (Å²) in [5.74, 6) is 0.779. The fourth-order valence-electron chi connectivity index (χ4n) is 1.73. The van der Waals surface area contributed by atoms with Crippen LogP contribution in [0.1, 0.15) is 12.5 Å². The van der Waals surface area contributed by atoms with E-state index in [-0.39, 0.29) is 6.04 Å². The molecule has 4 nitrogen and oxygen atoms in total. The summed E-state index contributed by atoms with van der Waals surface area (Å²) >= 11 is 5.08. The lowest BCUT2D eigenvalue weighted by Crippen LogP contribution is -2.34. The normalized spacial score (nSPS) is 12.0. The highest BCUT2D eigenvalue weighted by molar-refractivity contribution is 7.80. The van der Waals surface area contributed by atoms with Crippen molar-refractivity contribution in [3.8, 4) is 5.75 Å². The molecule has 0 fully saturated rings. The van der Waals surface area contributed by atoms with Gasteiger partial charge in [0.15, 0.2) is 0 Å². The number of rotatable bonds is 6. The maximum absolute atomic E-state index is 5.75. The first-order valence-corrected chi connectivity index (χ1v) is 6.11. The number of nitrogens with two attached hydrogens (primary N) is 1. The Balaban J connectivity index is 3.14. The van der Waals surface area contributed by atoms with Gasteiger partial charge in [-0.3, -0.25) is 0 Å². The number of thiocarbonyl (C=S) groups is 1. The van der Waals surface area contributed by atoms with Crippen LogP contribution in [0.15, 0.2) is 18.2 Å². The van der Waals surface area contributed by atoms with Gasteiger partial charge in [0.2, 0.25) is 0 Å². The van der Waals surface area contributed by atoms with Crippen LogP contribution >= 0.6 is 12.2 Å². The minimum absolute atomic E-state index is 0.218. The Morgan fingerprint density at radius 3 is 2.61 bits per heavy atom. The van der Waals surface area contributed by atoms with E-state index in [0.29, 0.717) is 11.6 Å². The van der Waals surface area contributed by atoms with Crippen LogP contribution in [0.25, 0.3) is 0 Å². The van der Waals surface area contributed by atoms with Crippen LogP contribution in [-0.4, -0.2) is 38.9 Å². The fraction of sp³-hybridized carbons (Fsp3) is 0.462. The lowest BCUT2D eigenvalue weighted by Gasteiger charge is -2.28. The van der Waals surface area contributed by atoms with Crippen LogP contribution in [-0.2, 0) is 4.74 Å². The lowest BCUT2D eigenvalue weighted by atomic mass is 10.1. The highest BCUT2D eigenvalue weighted by atomic mass is 32.1. The zero-order chi connectivity index (χ0) is 13.7. The molecule has 1 rings (SSSR count). The number of hydrogen-bond donors (Lipinski definition) is 1. The first-order valence-electron chi connectivity index (χ1n) is 5.70. The summed E-state index contributed by atoms with van der Waals surface area (Å²) in [6, 6.07) is 5.88. The maximum Gasteiger partial charge on any atom is 0.120 e. The van der Waals surface area contributed by atoms with Crippen molar-refractivity contribution in [2.75, 3.05) is 32.8 Å². The molecule has 18 heavy (non-hydrogen) atoms. The number of methoxy groups -OCH3 is 2. The number of nitrogens with zero attached hydrogens (tertiary/aromatic N) is 1. The quantitative estimate of drug-likeness (QED) is 0.797. The van der Waals surface area contributed by atoms with Crippen LogP contribution in [0.2, 0.25) is 0 Å². The molecule has 0 aromatic heterocycles. The second-order valence-corrected chi connectivity index (χ2v) is 4.60. The summed E-state index contributed by atoms with van der Waals surface area (Å²) in [6.07, 6.45) is 0. The predicted octanol–water partition coefficient (Wildman–Crippen LogP) is 1.80. The largest absolute Gasteiger partial charge is 0.497 e. The summed E-state index contributed by atoms with van der Waals surface area (Å²) in [4.78, 5) is 2.46.